The fourth-order valence-corrected chi connectivity index (χ4v) is 4.97. The maximum absolute atomic E-state index is 12.5. The summed E-state index contributed by atoms with van der Waals surface area (Å²) >= 11 is 0. The second-order valence-corrected chi connectivity index (χ2v) is 13.0. The number of carbonyl (C=O) groups is 2. The molecule has 0 radical (unpaired) electrons. The molecule has 5 heteroatoms. The van der Waals surface area contributed by atoms with Crippen molar-refractivity contribution in [1.82, 2.24) is 4.90 Å². The molecule has 0 N–H and O–H groups in total. The van der Waals surface area contributed by atoms with Crippen molar-refractivity contribution in [3.8, 4) is 0 Å². The largest absolute Gasteiger partial charge is 0.462 e. The predicted molar refractivity (Wildman–Crippen MR) is 198 cm³/mol. The average Bonchev–Trinajstić information content (AvgIpc) is 3.04. The minimum atomic E-state index is -0.389. The van der Waals surface area contributed by atoms with Crippen LogP contribution in [0.2, 0.25) is 0 Å². The van der Waals surface area contributed by atoms with Crippen molar-refractivity contribution in [2.24, 2.45) is 0 Å². The third-order valence-electron chi connectivity index (χ3n) is 7.98. The molecule has 0 aromatic rings. The van der Waals surface area contributed by atoms with Gasteiger partial charge in [0.05, 0.1) is 0 Å². The lowest BCUT2D eigenvalue weighted by Crippen LogP contribution is -2.29. The summed E-state index contributed by atoms with van der Waals surface area (Å²) in [6.45, 7) is 5.40. The minimum absolute atomic E-state index is 0.142. The highest BCUT2D eigenvalue weighted by atomic mass is 16.6. The van der Waals surface area contributed by atoms with Crippen molar-refractivity contribution in [2.75, 3.05) is 27.2 Å². The highest BCUT2D eigenvalue weighted by Crippen LogP contribution is 2.11. The Kier molecular flexibility index (Phi) is 34.0. The van der Waals surface area contributed by atoms with E-state index in [-0.39, 0.29) is 24.6 Å². The molecule has 266 valence electrons. The zero-order valence-electron chi connectivity index (χ0n) is 30.7. The quantitative estimate of drug-likeness (QED) is 0.0404. The number of ether oxygens (including phenoxy) is 2. The van der Waals surface area contributed by atoms with E-state index in [9.17, 15) is 9.59 Å². The van der Waals surface area contributed by atoms with Crippen LogP contribution >= 0.6 is 0 Å². The van der Waals surface area contributed by atoms with Gasteiger partial charge in [0.1, 0.15) is 12.7 Å². The predicted octanol–water partition coefficient (Wildman–Crippen LogP) is 11.6. The molecule has 0 aliphatic rings. The molecule has 0 unspecified atom stereocenters. The monoisotopic (exact) mass is 644 g/mol. The summed E-state index contributed by atoms with van der Waals surface area (Å²) in [4.78, 5) is 26.9. The molecule has 0 aromatic heterocycles. The zero-order chi connectivity index (χ0) is 33.8. The van der Waals surface area contributed by atoms with Gasteiger partial charge >= 0.3 is 11.9 Å². The molecular formula is C41H73NO4. The number of nitrogens with zero attached hydrogens (tertiary/aromatic N) is 1. The Morgan fingerprint density at radius 3 is 1.30 bits per heavy atom. The van der Waals surface area contributed by atoms with Crippen LogP contribution < -0.4 is 0 Å². The third kappa shape index (κ3) is 34.7. The number of hydrogen-bond acceptors (Lipinski definition) is 5. The van der Waals surface area contributed by atoms with Gasteiger partial charge in [0.15, 0.2) is 0 Å². The molecule has 0 fully saturated rings. The van der Waals surface area contributed by atoms with Gasteiger partial charge in [-0.05, 0) is 123 Å². The molecular weight excluding hydrogens is 570 g/mol. The number of unbranched alkanes of at least 4 members (excludes halogenated alkanes) is 15. The first-order chi connectivity index (χ1) is 22.5. The lowest BCUT2D eigenvalue weighted by atomic mass is 10.1. The minimum Gasteiger partial charge on any atom is -0.462 e. The number of allylic oxidation sites excluding steroid dienone is 8. The second kappa shape index (κ2) is 35.7. The van der Waals surface area contributed by atoms with Gasteiger partial charge in [-0.2, -0.15) is 0 Å². The van der Waals surface area contributed by atoms with Gasteiger partial charge in [0, 0.05) is 25.8 Å². The normalized spacial score (nSPS) is 12.8. The SMILES string of the molecule is CCCC/C=C\CCCC/C=C\CCCCC(=O)OC[C@H](CCN(C)C)OC(=O)CCCC/C=C\CCCC/C=C\CCCCC. The Balaban J connectivity index is 3.96. The molecule has 0 spiro atoms. The number of hydrogen-bond donors (Lipinski definition) is 0. The number of carbonyl (C=O) groups excluding carboxylic acids is 2. The van der Waals surface area contributed by atoms with Gasteiger partial charge in [-0.15, -0.1) is 0 Å². The first-order valence-corrected chi connectivity index (χ1v) is 19.1. The van der Waals surface area contributed by atoms with E-state index in [1.54, 1.807) is 0 Å². The van der Waals surface area contributed by atoms with Crippen LogP contribution in [0, 0.1) is 0 Å². The fourth-order valence-electron chi connectivity index (χ4n) is 4.97. The second-order valence-electron chi connectivity index (χ2n) is 13.0. The van der Waals surface area contributed by atoms with E-state index in [2.05, 4.69) is 67.4 Å². The maximum Gasteiger partial charge on any atom is 0.306 e. The van der Waals surface area contributed by atoms with E-state index in [1.807, 2.05) is 14.1 Å². The van der Waals surface area contributed by atoms with Crippen LogP contribution in [0.1, 0.15) is 168 Å². The Labute approximate surface area is 285 Å². The Morgan fingerprint density at radius 2 is 0.891 bits per heavy atom. The lowest BCUT2D eigenvalue weighted by molar-refractivity contribution is -0.159. The van der Waals surface area contributed by atoms with Crippen molar-refractivity contribution in [2.45, 2.75) is 174 Å². The van der Waals surface area contributed by atoms with Crippen molar-refractivity contribution < 1.29 is 19.1 Å². The van der Waals surface area contributed by atoms with Crippen LogP contribution in [0.4, 0.5) is 0 Å². The molecule has 0 amide bonds. The first kappa shape index (κ1) is 43.9. The molecule has 5 nitrogen and oxygen atoms in total. The van der Waals surface area contributed by atoms with Gasteiger partial charge in [-0.3, -0.25) is 9.59 Å². The highest BCUT2D eigenvalue weighted by Gasteiger charge is 2.17. The van der Waals surface area contributed by atoms with Gasteiger partial charge in [0.2, 0.25) is 0 Å². The van der Waals surface area contributed by atoms with Crippen molar-refractivity contribution in [3.05, 3.63) is 48.6 Å². The van der Waals surface area contributed by atoms with E-state index >= 15 is 0 Å². The molecule has 0 aromatic carbocycles. The van der Waals surface area contributed by atoms with Crippen molar-refractivity contribution >= 4 is 11.9 Å². The topological polar surface area (TPSA) is 55.8 Å². The summed E-state index contributed by atoms with van der Waals surface area (Å²) in [5.74, 6) is -0.394. The van der Waals surface area contributed by atoms with Gasteiger partial charge in [-0.25, -0.2) is 0 Å². The summed E-state index contributed by atoms with van der Waals surface area (Å²) in [5.41, 5.74) is 0. The molecule has 0 rings (SSSR count). The lowest BCUT2D eigenvalue weighted by Gasteiger charge is -2.20. The molecule has 0 bridgehead atoms. The molecule has 0 aliphatic carbocycles. The van der Waals surface area contributed by atoms with Crippen molar-refractivity contribution in [1.29, 1.82) is 0 Å². The van der Waals surface area contributed by atoms with E-state index in [1.165, 1.54) is 83.5 Å². The van der Waals surface area contributed by atoms with E-state index in [4.69, 9.17) is 9.47 Å². The van der Waals surface area contributed by atoms with Crippen LogP contribution in [0.3, 0.4) is 0 Å². The van der Waals surface area contributed by atoms with Crippen LogP contribution in [0.25, 0.3) is 0 Å². The van der Waals surface area contributed by atoms with Gasteiger partial charge < -0.3 is 14.4 Å². The summed E-state index contributed by atoms with van der Waals surface area (Å²) < 4.78 is 11.2. The smallest absolute Gasteiger partial charge is 0.306 e. The third-order valence-corrected chi connectivity index (χ3v) is 7.98. The highest BCUT2D eigenvalue weighted by molar-refractivity contribution is 5.70. The molecule has 0 heterocycles. The molecule has 0 aliphatic heterocycles. The first-order valence-electron chi connectivity index (χ1n) is 19.1. The summed E-state index contributed by atoms with van der Waals surface area (Å²) in [5, 5.41) is 0. The zero-order valence-corrected chi connectivity index (χ0v) is 30.7. The van der Waals surface area contributed by atoms with E-state index in [0.717, 1.165) is 57.9 Å². The van der Waals surface area contributed by atoms with Crippen LogP contribution in [0.15, 0.2) is 48.6 Å². The number of esters is 2. The van der Waals surface area contributed by atoms with Gasteiger partial charge in [-0.1, -0.05) is 88.1 Å². The van der Waals surface area contributed by atoms with E-state index < -0.39 is 0 Å². The Morgan fingerprint density at radius 1 is 0.522 bits per heavy atom. The number of rotatable bonds is 33. The van der Waals surface area contributed by atoms with Crippen LogP contribution in [-0.4, -0.2) is 50.2 Å². The fraction of sp³-hybridized carbons (Fsp3) is 0.756. The molecule has 0 saturated carbocycles. The van der Waals surface area contributed by atoms with Crippen molar-refractivity contribution in [3.63, 3.8) is 0 Å². The van der Waals surface area contributed by atoms with E-state index in [0.29, 0.717) is 19.3 Å². The summed E-state index contributed by atoms with van der Waals surface area (Å²) in [6, 6.07) is 0. The van der Waals surface area contributed by atoms with Gasteiger partial charge in [0.25, 0.3) is 0 Å². The molecule has 0 saturated heterocycles. The Bertz CT molecular complexity index is 798. The molecule has 46 heavy (non-hydrogen) atoms. The maximum atomic E-state index is 12.5. The van der Waals surface area contributed by atoms with Crippen LogP contribution in [0.5, 0.6) is 0 Å². The molecule has 1 atom stereocenters. The Hall–Kier alpha value is -2.14. The summed E-state index contributed by atoms with van der Waals surface area (Å²) in [7, 11) is 3.99. The van der Waals surface area contributed by atoms with Crippen LogP contribution in [-0.2, 0) is 19.1 Å². The average molecular weight is 644 g/mol. The standard InChI is InChI=1S/C41H73NO4/c1-5-7-9-11-13-15-17-19-21-23-25-27-29-31-33-35-41(44)46-39(36-37-42(3)4)38-45-40(43)34-32-30-28-26-24-22-20-18-16-14-12-10-8-6-2/h12-15,24-27,39H,5-11,16-23,28-38H2,1-4H3/b14-12-,15-13-,26-24-,27-25-/t39-/m0/s1. The summed E-state index contributed by atoms with van der Waals surface area (Å²) in [6.07, 6.45) is 43.6.